The first-order chi connectivity index (χ1) is 10.8. The molecule has 0 aliphatic carbocycles. The van der Waals surface area contributed by atoms with Crippen molar-refractivity contribution in [2.75, 3.05) is 37.7 Å². The normalized spacial score (nSPS) is 17.4. The molecule has 0 N–H and O–H groups in total. The Morgan fingerprint density at radius 3 is 2.59 bits per heavy atom. The van der Waals surface area contributed by atoms with Crippen LogP contribution in [0.15, 0.2) is 36.4 Å². The van der Waals surface area contributed by atoms with Gasteiger partial charge in [0.15, 0.2) is 0 Å². The van der Waals surface area contributed by atoms with Crippen LogP contribution in [0.3, 0.4) is 0 Å². The average molecular weight is 296 g/mol. The summed E-state index contributed by atoms with van der Waals surface area (Å²) in [6, 6.07) is 11.5. The highest BCUT2D eigenvalue weighted by molar-refractivity contribution is 6.26. The van der Waals surface area contributed by atoms with Crippen molar-refractivity contribution >= 4 is 28.3 Å². The lowest BCUT2D eigenvalue weighted by molar-refractivity contribution is -0.133. The maximum atomic E-state index is 12.6. The molecule has 2 aliphatic rings. The summed E-state index contributed by atoms with van der Waals surface area (Å²) < 4.78 is 5.26. The summed E-state index contributed by atoms with van der Waals surface area (Å²) in [4.78, 5) is 28.4. The number of carbonyl (C=O) groups excluding carboxylic acids is 2. The van der Waals surface area contributed by atoms with Gasteiger partial charge in [-0.25, -0.2) is 0 Å². The minimum Gasteiger partial charge on any atom is -0.378 e. The molecule has 0 bridgehead atoms. The van der Waals surface area contributed by atoms with Crippen LogP contribution in [0, 0.1) is 0 Å². The van der Waals surface area contributed by atoms with Crippen LogP contribution in [0.2, 0.25) is 0 Å². The van der Waals surface area contributed by atoms with E-state index < -0.39 is 0 Å². The molecule has 5 heteroatoms. The number of amides is 2. The number of hydrogen-bond donors (Lipinski definition) is 0. The van der Waals surface area contributed by atoms with Crippen LogP contribution in [0.5, 0.6) is 0 Å². The van der Waals surface area contributed by atoms with E-state index in [-0.39, 0.29) is 18.4 Å². The zero-order chi connectivity index (χ0) is 15.1. The van der Waals surface area contributed by atoms with Gasteiger partial charge >= 0.3 is 0 Å². The van der Waals surface area contributed by atoms with Gasteiger partial charge in [0.05, 0.1) is 18.9 Å². The van der Waals surface area contributed by atoms with E-state index in [9.17, 15) is 9.59 Å². The second-order valence-corrected chi connectivity index (χ2v) is 5.57. The second kappa shape index (κ2) is 5.10. The van der Waals surface area contributed by atoms with E-state index in [1.165, 1.54) is 0 Å². The predicted molar refractivity (Wildman–Crippen MR) is 83.0 cm³/mol. The van der Waals surface area contributed by atoms with Gasteiger partial charge < -0.3 is 9.64 Å². The highest BCUT2D eigenvalue weighted by Gasteiger charge is 2.32. The summed E-state index contributed by atoms with van der Waals surface area (Å²) >= 11 is 0. The van der Waals surface area contributed by atoms with Crippen LogP contribution >= 0.6 is 0 Å². The fraction of sp³-hybridized carbons (Fsp3) is 0.294. The summed E-state index contributed by atoms with van der Waals surface area (Å²) in [5.74, 6) is -0.116. The van der Waals surface area contributed by atoms with Gasteiger partial charge in [-0.05, 0) is 17.5 Å². The highest BCUT2D eigenvalue weighted by Crippen LogP contribution is 2.36. The van der Waals surface area contributed by atoms with Crippen molar-refractivity contribution in [1.82, 2.24) is 4.90 Å². The molecule has 0 atom stereocenters. The van der Waals surface area contributed by atoms with Gasteiger partial charge in [0.2, 0.25) is 5.91 Å². The van der Waals surface area contributed by atoms with Gasteiger partial charge in [0, 0.05) is 24.0 Å². The molecule has 5 nitrogen and oxygen atoms in total. The first-order valence-corrected chi connectivity index (χ1v) is 7.45. The molecule has 0 unspecified atom stereocenters. The fourth-order valence-corrected chi connectivity index (χ4v) is 3.18. The number of carbonyl (C=O) groups is 2. The Balaban J connectivity index is 1.65. The predicted octanol–water partition coefficient (Wildman–Crippen LogP) is 1.66. The van der Waals surface area contributed by atoms with Crippen molar-refractivity contribution in [2.45, 2.75) is 0 Å². The molecule has 2 aliphatic heterocycles. The molecule has 2 aromatic carbocycles. The number of hydrogen-bond acceptors (Lipinski definition) is 3. The molecule has 2 heterocycles. The summed E-state index contributed by atoms with van der Waals surface area (Å²) in [6.45, 7) is 2.41. The molecular formula is C17H16N2O3. The Morgan fingerprint density at radius 2 is 1.82 bits per heavy atom. The summed E-state index contributed by atoms with van der Waals surface area (Å²) in [5, 5.41) is 1.98. The van der Waals surface area contributed by atoms with Gasteiger partial charge in [-0.15, -0.1) is 0 Å². The van der Waals surface area contributed by atoms with Gasteiger partial charge in [-0.3, -0.25) is 14.5 Å². The second-order valence-electron chi connectivity index (χ2n) is 5.57. The molecule has 0 radical (unpaired) electrons. The van der Waals surface area contributed by atoms with Crippen molar-refractivity contribution in [1.29, 1.82) is 0 Å². The van der Waals surface area contributed by atoms with E-state index in [0.29, 0.717) is 31.9 Å². The first kappa shape index (κ1) is 13.3. The molecule has 2 aromatic rings. The lowest BCUT2D eigenvalue weighted by Gasteiger charge is -2.28. The zero-order valence-electron chi connectivity index (χ0n) is 12.1. The lowest BCUT2D eigenvalue weighted by Crippen LogP contribution is -2.46. The SMILES string of the molecule is O=C(CN1C(=O)c2cccc3cccc1c23)N1CCOCC1. The van der Waals surface area contributed by atoms with Gasteiger partial charge in [0.1, 0.15) is 6.54 Å². The standard InChI is InChI=1S/C17H16N2O3/c20-15(18-7-9-22-10-8-18)11-19-14-6-2-4-12-3-1-5-13(16(12)14)17(19)21/h1-6H,7-11H2. The van der Waals surface area contributed by atoms with Crippen LogP contribution in [0.1, 0.15) is 10.4 Å². The fourth-order valence-electron chi connectivity index (χ4n) is 3.18. The molecule has 1 fully saturated rings. The van der Waals surface area contributed by atoms with Crippen molar-refractivity contribution < 1.29 is 14.3 Å². The average Bonchev–Trinajstić information content (AvgIpc) is 2.84. The van der Waals surface area contributed by atoms with Crippen molar-refractivity contribution in [3.8, 4) is 0 Å². The van der Waals surface area contributed by atoms with Crippen LogP contribution in [-0.4, -0.2) is 49.6 Å². The zero-order valence-corrected chi connectivity index (χ0v) is 12.1. The van der Waals surface area contributed by atoms with Crippen LogP contribution in [0.4, 0.5) is 5.69 Å². The van der Waals surface area contributed by atoms with Crippen LogP contribution in [-0.2, 0) is 9.53 Å². The smallest absolute Gasteiger partial charge is 0.259 e. The number of anilines is 1. The maximum absolute atomic E-state index is 12.6. The van der Waals surface area contributed by atoms with Crippen molar-refractivity contribution in [3.05, 3.63) is 42.0 Å². The first-order valence-electron chi connectivity index (χ1n) is 7.45. The number of ether oxygens (including phenoxy) is 1. The molecule has 0 saturated carbocycles. The van der Waals surface area contributed by atoms with E-state index in [2.05, 4.69) is 0 Å². The number of morpholine rings is 1. The molecule has 2 amide bonds. The molecule has 22 heavy (non-hydrogen) atoms. The largest absolute Gasteiger partial charge is 0.378 e. The Labute approximate surface area is 128 Å². The van der Waals surface area contributed by atoms with Crippen LogP contribution < -0.4 is 4.90 Å². The minimum atomic E-state index is -0.0894. The van der Waals surface area contributed by atoms with Gasteiger partial charge in [0.25, 0.3) is 5.91 Å². The quantitative estimate of drug-likeness (QED) is 0.847. The number of rotatable bonds is 2. The van der Waals surface area contributed by atoms with Crippen molar-refractivity contribution in [3.63, 3.8) is 0 Å². The summed E-state index contributed by atoms with van der Waals surface area (Å²) in [6.07, 6.45) is 0. The number of nitrogens with zero attached hydrogens (tertiary/aromatic N) is 2. The van der Waals surface area contributed by atoms with E-state index in [1.807, 2.05) is 36.4 Å². The molecule has 112 valence electrons. The molecule has 0 aromatic heterocycles. The summed E-state index contributed by atoms with van der Waals surface area (Å²) in [5.41, 5.74) is 1.52. The molecule has 0 spiro atoms. The third-order valence-electron chi connectivity index (χ3n) is 4.31. The van der Waals surface area contributed by atoms with Gasteiger partial charge in [-0.2, -0.15) is 0 Å². The molecule has 4 rings (SSSR count). The van der Waals surface area contributed by atoms with Crippen molar-refractivity contribution in [2.24, 2.45) is 0 Å². The van der Waals surface area contributed by atoms with Crippen LogP contribution in [0.25, 0.3) is 10.8 Å². The Hall–Kier alpha value is -2.40. The van der Waals surface area contributed by atoms with E-state index in [1.54, 1.807) is 9.80 Å². The van der Waals surface area contributed by atoms with E-state index in [4.69, 9.17) is 4.74 Å². The van der Waals surface area contributed by atoms with E-state index >= 15 is 0 Å². The Bertz CT molecular complexity index is 760. The third-order valence-corrected chi connectivity index (χ3v) is 4.31. The monoisotopic (exact) mass is 296 g/mol. The Kier molecular flexibility index (Phi) is 3.08. The summed E-state index contributed by atoms with van der Waals surface area (Å²) in [7, 11) is 0. The highest BCUT2D eigenvalue weighted by atomic mass is 16.5. The number of benzene rings is 2. The molecule has 1 saturated heterocycles. The Morgan fingerprint density at radius 1 is 1.09 bits per heavy atom. The van der Waals surface area contributed by atoms with Gasteiger partial charge in [-0.1, -0.05) is 24.3 Å². The lowest BCUT2D eigenvalue weighted by atomic mass is 10.1. The topological polar surface area (TPSA) is 49.9 Å². The maximum Gasteiger partial charge on any atom is 0.259 e. The van der Waals surface area contributed by atoms with E-state index in [0.717, 1.165) is 16.5 Å². The molecular weight excluding hydrogens is 280 g/mol. The minimum absolute atomic E-state index is 0.0264. The third kappa shape index (κ3) is 1.97.